The molecule has 1 atom stereocenters. The van der Waals surface area contributed by atoms with Crippen molar-refractivity contribution >= 4 is 11.6 Å². The number of hydrogen-bond donors (Lipinski definition) is 2. The first-order valence-corrected chi connectivity index (χ1v) is 5.44. The van der Waals surface area contributed by atoms with Crippen molar-refractivity contribution in [1.29, 1.82) is 0 Å². The van der Waals surface area contributed by atoms with Crippen molar-refractivity contribution in [3.05, 3.63) is 53.3 Å². The second-order valence-corrected chi connectivity index (χ2v) is 4.15. The third-order valence-corrected chi connectivity index (χ3v) is 3.06. The summed E-state index contributed by atoms with van der Waals surface area (Å²) in [5, 5.41) is 13.0. The average molecular weight is 228 g/mol. The number of aliphatic hydroxyl groups excluding tert-OH is 1. The number of aryl methyl sites for hydroxylation is 1. The lowest BCUT2D eigenvalue weighted by molar-refractivity contribution is 0.0950. The molecule has 0 saturated carbocycles. The van der Waals surface area contributed by atoms with E-state index in [1.165, 1.54) is 4.57 Å². The fourth-order valence-electron chi connectivity index (χ4n) is 2.18. The van der Waals surface area contributed by atoms with Crippen LogP contribution in [-0.2, 0) is 0 Å². The Hall–Kier alpha value is -2.07. The number of carbonyl (C=O) groups excluding carboxylic acids is 1. The lowest BCUT2D eigenvalue weighted by atomic mass is 10.1. The van der Waals surface area contributed by atoms with E-state index in [0.717, 1.165) is 5.56 Å². The van der Waals surface area contributed by atoms with Crippen molar-refractivity contribution < 1.29 is 9.90 Å². The SMILES string of the molecule is Cc1cccc2c1N[C@@H](O)c1cccn1C2=O. The van der Waals surface area contributed by atoms with Crippen LogP contribution in [0.3, 0.4) is 0 Å². The highest BCUT2D eigenvalue weighted by molar-refractivity contribution is 6.02. The van der Waals surface area contributed by atoms with Crippen LogP contribution in [0.4, 0.5) is 5.69 Å². The fraction of sp³-hybridized carbons (Fsp3) is 0.154. The molecule has 86 valence electrons. The topological polar surface area (TPSA) is 54.3 Å². The van der Waals surface area contributed by atoms with Crippen LogP contribution in [0.1, 0.15) is 27.8 Å². The van der Waals surface area contributed by atoms with Crippen molar-refractivity contribution in [2.24, 2.45) is 0 Å². The molecule has 4 heteroatoms. The van der Waals surface area contributed by atoms with Gasteiger partial charge in [-0.3, -0.25) is 9.36 Å². The van der Waals surface area contributed by atoms with Crippen LogP contribution in [0.25, 0.3) is 0 Å². The molecule has 0 spiro atoms. The Labute approximate surface area is 98.5 Å². The molecule has 0 saturated heterocycles. The van der Waals surface area contributed by atoms with E-state index in [0.29, 0.717) is 16.9 Å². The number of anilines is 1. The van der Waals surface area contributed by atoms with Crippen LogP contribution in [0, 0.1) is 6.92 Å². The van der Waals surface area contributed by atoms with E-state index in [4.69, 9.17) is 0 Å². The molecule has 0 fully saturated rings. The molecule has 2 aromatic rings. The minimum absolute atomic E-state index is 0.118. The molecule has 0 radical (unpaired) electrons. The molecule has 0 unspecified atom stereocenters. The van der Waals surface area contributed by atoms with Gasteiger partial charge in [-0.15, -0.1) is 0 Å². The maximum absolute atomic E-state index is 12.3. The Morgan fingerprint density at radius 2 is 2.12 bits per heavy atom. The van der Waals surface area contributed by atoms with Gasteiger partial charge >= 0.3 is 0 Å². The lowest BCUT2D eigenvalue weighted by Crippen LogP contribution is -2.14. The van der Waals surface area contributed by atoms with Crippen LogP contribution in [0.2, 0.25) is 0 Å². The predicted octanol–water partition coefficient (Wildman–Crippen LogP) is 1.90. The zero-order valence-electron chi connectivity index (χ0n) is 9.34. The van der Waals surface area contributed by atoms with Gasteiger partial charge in [0.1, 0.15) is 0 Å². The maximum Gasteiger partial charge on any atom is 0.264 e. The normalized spacial score (nSPS) is 18.0. The Morgan fingerprint density at radius 3 is 2.94 bits per heavy atom. The number of fused-ring (bicyclic) bond motifs is 2. The maximum atomic E-state index is 12.3. The summed E-state index contributed by atoms with van der Waals surface area (Å²) >= 11 is 0. The summed E-state index contributed by atoms with van der Waals surface area (Å²) in [5.41, 5.74) is 2.79. The van der Waals surface area contributed by atoms with Gasteiger partial charge in [0.05, 0.1) is 16.9 Å². The van der Waals surface area contributed by atoms with Crippen LogP contribution in [-0.4, -0.2) is 15.6 Å². The first-order chi connectivity index (χ1) is 8.18. The number of benzene rings is 1. The second-order valence-electron chi connectivity index (χ2n) is 4.15. The lowest BCUT2D eigenvalue weighted by Gasteiger charge is -2.13. The number of nitrogens with one attached hydrogen (secondary N) is 1. The molecule has 3 rings (SSSR count). The molecule has 0 amide bonds. The Morgan fingerprint density at radius 1 is 1.29 bits per heavy atom. The predicted molar refractivity (Wildman–Crippen MR) is 63.9 cm³/mol. The van der Waals surface area contributed by atoms with Gasteiger partial charge in [0.2, 0.25) is 0 Å². The molecule has 0 aliphatic carbocycles. The number of nitrogens with zero attached hydrogens (tertiary/aromatic N) is 1. The van der Waals surface area contributed by atoms with Gasteiger partial charge in [0.25, 0.3) is 5.91 Å². The van der Waals surface area contributed by atoms with Gasteiger partial charge in [-0.1, -0.05) is 12.1 Å². The van der Waals surface area contributed by atoms with Crippen molar-refractivity contribution in [1.82, 2.24) is 4.57 Å². The van der Waals surface area contributed by atoms with E-state index in [1.807, 2.05) is 19.1 Å². The highest BCUT2D eigenvalue weighted by Crippen LogP contribution is 2.29. The molecule has 1 aromatic heterocycles. The molecule has 1 aliphatic rings. The summed E-state index contributed by atoms with van der Waals surface area (Å²) in [4.78, 5) is 12.3. The van der Waals surface area contributed by atoms with E-state index in [1.54, 1.807) is 24.4 Å². The van der Waals surface area contributed by atoms with E-state index in [9.17, 15) is 9.90 Å². The highest BCUT2D eigenvalue weighted by Gasteiger charge is 2.25. The van der Waals surface area contributed by atoms with E-state index in [2.05, 4.69) is 5.32 Å². The van der Waals surface area contributed by atoms with Crippen LogP contribution in [0.5, 0.6) is 0 Å². The zero-order chi connectivity index (χ0) is 12.0. The molecule has 4 nitrogen and oxygen atoms in total. The van der Waals surface area contributed by atoms with Crippen LogP contribution >= 0.6 is 0 Å². The highest BCUT2D eigenvalue weighted by atomic mass is 16.3. The third-order valence-electron chi connectivity index (χ3n) is 3.06. The Kier molecular flexibility index (Phi) is 2.06. The van der Waals surface area contributed by atoms with Gasteiger partial charge in [0.15, 0.2) is 6.23 Å². The molecule has 1 aromatic carbocycles. The third kappa shape index (κ3) is 1.38. The van der Waals surface area contributed by atoms with Crippen molar-refractivity contribution in [3.8, 4) is 0 Å². The standard InChI is InChI=1S/C13H12N2O2/c1-8-4-2-5-9-11(8)14-12(16)10-6-3-7-15(10)13(9)17/h2-7,12,14,16H,1H3/t12-/m0/s1. The van der Waals surface area contributed by atoms with Gasteiger partial charge in [0, 0.05) is 6.20 Å². The molecule has 2 N–H and O–H groups in total. The number of hydrogen-bond acceptors (Lipinski definition) is 3. The van der Waals surface area contributed by atoms with Gasteiger partial charge < -0.3 is 10.4 Å². The molecule has 2 heterocycles. The largest absolute Gasteiger partial charge is 0.368 e. The van der Waals surface area contributed by atoms with E-state index < -0.39 is 6.23 Å². The van der Waals surface area contributed by atoms with Gasteiger partial charge in [-0.2, -0.15) is 0 Å². The summed E-state index contributed by atoms with van der Waals surface area (Å²) in [5.74, 6) is -0.118. The molecular weight excluding hydrogens is 216 g/mol. The quantitative estimate of drug-likeness (QED) is 0.724. The van der Waals surface area contributed by atoms with Crippen molar-refractivity contribution in [3.63, 3.8) is 0 Å². The Bertz CT molecular complexity index is 601. The first kappa shape index (κ1) is 10.1. The monoisotopic (exact) mass is 228 g/mol. The van der Waals surface area contributed by atoms with E-state index in [-0.39, 0.29) is 5.91 Å². The summed E-state index contributed by atoms with van der Waals surface area (Å²) in [6, 6.07) is 9.00. The minimum Gasteiger partial charge on any atom is -0.368 e. The minimum atomic E-state index is -0.865. The van der Waals surface area contributed by atoms with E-state index >= 15 is 0 Å². The van der Waals surface area contributed by atoms with Crippen molar-refractivity contribution in [2.75, 3.05) is 5.32 Å². The van der Waals surface area contributed by atoms with Gasteiger partial charge in [-0.05, 0) is 30.7 Å². The summed E-state index contributed by atoms with van der Waals surface area (Å²) in [7, 11) is 0. The second kappa shape index (κ2) is 3.46. The summed E-state index contributed by atoms with van der Waals surface area (Å²) in [6.45, 7) is 1.91. The average Bonchev–Trinajstić information content (AvgIpc) is 2.76. The number of para-hydroxylation sites is 1. The molecule has 0 bridgehead atoms. The molecule has 17 heavy (non-hydrogen) atoms. The molecule has 1 aliphatic heterocycles. The molecular formula is C13H12N2O2. The smallest absolute Gasteiger partial charge is 0.264 e. The number of aliphatic hydroxyl groups is 1. The van der Waals surface area contributed by atoms with Crippen LogP contribution < -0.4 is 5.32 Å². The first-order valence-electron chi connectivity index (χ1n) is 5.44. The number of rotatable bonds is 0. The van der Waals surface area contributed by atoms with Gasteiger partial charge in [-0.25, -0.2) is 0 Å². The number of carbonyl (C=O) groups is 1. The summed E-state index contributed by atoms with van der Waals surface area (Å²) < 4.78 is 1.48. The zero-order valence-corrected chi connectivity index (χ0v) is 9.34. The fourth-order valence-corrected chi connectivity index (χ4v) is 2.18. The Balaban J connectivity index is 2.27. The number of aromatic nitrogens is 1. The van der Waals surface area contributed by atoms with Crippen LogP contribution in [0.15, 0.2) is 36.5 Å². The summed E-state index contributed by atoms with van der Waals surface area (Å²) in [6.07, 6.45) is 0.802. The van der Waals surface area contributed by atoms with Crippen molar-refractivity contribution in [2.45, 2.75) is 13.2 Å².